The molecule has 1 saturated heterocycles. The van der Waals surface area contributed by atoms with Gasteiger partial charge in [-0.05, 0) is 60.2 Å². The minimum Gasteiger partial charge on any atom is -0.379 e. The highest BCUT2D eigenvalue weighted by Crippen LogP contribution is 2.29. The van der Waals surface area contributed by atoms with Crippen LogP contribution < -0.4 is 10.2 Å². The number of benzene rings is 3. The summed E-state index contributed by atoms with van der Waals surface area (Å²) in [5.74, 6) is -1.90. The molecule has 0 aliphatic carbocycles. The first-order chi connectivity index (χ1) is 16.5. The SMILES string of the molecule is O=C(Nc1ccc(CN2CCOCC2)cc1)c1ccc2c(c1)C(=O)N(c1ccc(F)cc1)C2=O. The maximum absolute atomic E-state index is 13.2. The van der Waals surface area contributed by atoms with Crippen molar-refractivity contribution in [1.29, 1.82) is 0 Å². The van der Waals surface area contributed by atoms with Crippen molar-refractivity contribution in [2.75, 3.05) is 36.5 Å². The molecule has 172 valence electrons. The Labute approximate surface area is 195 Å². The third-order valence-electron chi connectivity index (χ3n) is 5.96. The van der Waals surface area contributed by atoms with Crippen molar-refractivity contribution in [3.63, 3.8) is 0 Å². The highest BCUT2D eigenvalue weighted by atomic mass is 19.1. The first-order valence-corrected chi connectivity index (χ1v) is 11.0. The zero-order chi connectivity index (χ0) is 23.7. The zero-order valence-corrected chi connectivity index (χ0v) is 18.3. The lowest BCUT2D eigenvalue weighted by Gasteiger charge is -2.26. The van der Waals surface area contributed by atoms with E-state index < -0.39 is 17.6 Å². The smallest absolute Gasteiger partial charge is 0.266 e. The molecule has 0 aromatic heterocycles. The Morgan fingerprint density at radius 2 is 1.56 bits per heavy atom. The van der Waals surface area contributed by atoms with Crippen molar-refractivity contribution < 1.29 is 23.5 Å². The molecule has 3 aromatic rings. The summed E-state index contributed by atoms with van der Waals surface area (Å²) in [4.78, 5) is 41.7. The standard InChI is InChI=1S/C26H22FN3O4/c27-19-4-8-21(9-5-19)30-25(32)22-10-3-18(15-23(22)26(30)33)24(31)28-20-6-1-17(2-7-20)16-29-11-13-34-14-12-29/h1-10,15H,11-14,16H2,(H,28,31). The molecule has 1 fully saturated rings. The van der Waals surface area contributed by atoms with Crippen LogP contribution in [0, 0.1) is 5.82 Å². The molecule has 34 heavy (non-hydrogen) atoms. The molecular formula is C26H22FN3O4. The third kappa shape index (κ3) is 4.33. The Morgan fingerprint density at radius 1 is 0.882 bits per heavy atom. The summed E-state index contributed by atoms with van der Waals surface area (Å²) in [6, 6.07) is 17.1. The van der Waals surface area contributed by atoms with E-state index in [1.165, 1.54) is 42.5 Å². The summed E-state index contributed by atoms with van der Waals surface area (Å²) >= 11 is 0. The van der Waals surface area contributed by atoms with E-state index in [2.05, 4.69) is 10.2 Å². The molecule has 1 N–H and O–H groups in total. The molecule has 0 unspecified atom stereocenters. The van der Waals surface area contributed by atoms with Gasteiger partial charge in [0, 0.05) is 30.9 Å². The summed E-state index contributed by atoms with van der Waals surface area (Å²) in [6.45, 7) is 4.10. The maximum Gasteiger partial charge on any atom is 0.266 e. The van der Waals surface area contributed by atoms with Crippen LogP contribution >= 0.6 is 0 Å². The van der Waals surface area contributed by atoms with Crippen LogP contribution in [0.5, 0.6) is 0 Å². The Hall–Kier alpha value is -3.88. The van der Waals surface area contributed by atoms with Crippen molar-refractivity contribution in [1.82, 2.24) is 4.90 Å². The van der Waals surface area contributed by atoms with Crippen LogP contribution in [-0.2, 0) is 11.3 Å². The predicted molar refractivity (Wildman–Crippen MR) is 124 cm³/mol. The molecule has 0 radical (unpaired) electrons. The maximum atomic E-state index is 13.2. The normalized spacial score (nSPS) is 16.0. The molecule has 5 rings (SSSR count). The van der Waals surface area contributed by atoms with Crippen molar-refractivity contribution in [2.24, 2.45) is 0 Å². The van der Waals surface area contributed by atoms with Crippen molar-refractivity contribution in [3.8, 4) is 0 Å². The summed E-state index contributed by atoms with van der Waals surface area (Å²) in [5.41, 5.74) is 2.66. The molecule has 0 spiro atoms. The minimum atomic E-state index is -0.547. The van der Waals surface area contributed by atoms with E-state index in [1.54, 1.807) is 0 Å². The summed E-state index contributed by atoms with van der Waals surface area (Å²) in [6.07, 6.45) is 0. The van der Waals surface area contributed by atoms with Gasteiger partial charge in [0.1, 0.15) is 5.82 Å². The quantitative estimate of drug-likeness (QED) is 0.589. The van der Waals surface area contributed by atoms with E-state index in [9.17, 15) is 18.8 Å². The van der Waals surface area contributed by atoms with Gasteiger partial charge in [-0.25, -0.2) is 9.29 Å². The second-order valence-electron chi connectivity index (χ2n) is 8.22. The molecule has 3 amide bonds. The van der Waals surface area contributed by atoms with Crippen LogP contribution in [0.25, 0.3) is 0 Å². The van der Waals surface area contributed by atoms with Crippen molar-refractivity contribution >= 4 is 29.1 Å². The largest absolute Gasteiger partial charge is 0.379 e. The summed E-state index contributed by atoms with van der Waals surface area (Å²) < 4.78 is 18.6. The summed E-state index contributed by atoms with van der Waals surface area (Å²) in [7, 11) is 0. The molecule has 7 nitrogen and oxygen atoms in total. The molecule has 3 aromatic carbocycles. The number of fused-ring (bicyclic) bond motifs is 1. The highest BCUT2D eigenvalue weighted by Gasteiger charge is 2.37. The second-order valence-corrected chi connectivity index (χ2v) is 8.22. The molecule has 0 bridgehead atoms. The van der Waals surface area contributed by atoms with Crippen LogP contribution in [0.1, 0.15) is 36.6 Å². The van der Waals surface area contributed by atoms with Gasteiger partial charge in [0.2, 0.25) is 0 Å². The number of carbonyl (C=O) groups is 3. The van der Waals surface area contributed by atoms with Gasteiger partial charge in [0.15, 0.2) is 0 Å². The summed E-state index contributed by atoms with van der Waals surface area (Å²) in [5, 5.41) is 2.83. The molecule has 2 heterocycles. The molecule has 0 saturated carbocycles. The van der Waals surface area contributed by atoms with Crippen LogP contribution in [0.4, 0.5) is 15.8 Å². The number of imide groups is 1. The third-order valence-corrected chi connectivity index (χ3v) is 5.96. The number of rotatable bonds is 5. The zero-order valence-electron chi connectivity index (χ0n) is 18.3. The van der Waals surface area contributed by atoms with Gasteiger partial charge < -0.3 is 10.1 Å². The number of morpholine rings is 1. The van der Waals surface area contributed by atoms with Crippen molar-refractivity contribution in [3.05, 3.63) is 94.8 Å². The lowest BCUT2D eigenvalue weighted by atomic mass is 10.1. The van der Waals surface area contributed by atoms with E-state index in [0.29, 0.717) is 5.69 Å². The first-order valence-electron chi connectivity index (χ1n) is 11.0. The lowest BCUT2D eigenvalue weighted by Crippen LogP contribution is -2.35. The second kappa shape index (κ2) is 9.17. The van der Waals surface area contributed by atoms with Gasteiger partial charge in [-0.2, -0.15) is 0 Å². The number of anilines is 2. The number of nitrogens with one attached hydrogen (secondary N) is 1. The number of carbonyl (C=O) groups excluding carboxylic acids is 3. The monoisotopic (exact) mass is 459 g/mol. The van der Waals surface area contributed by atoms with Crippen LogP contribution in [0.2, 0.25) is 0 Å². The highest BCUT2D eigenvalue weighted by molar-refractivity contribution is 6.34. The molecule has 2 aliphatic rings. The van der Waals surface area contributed by atoms with E-state index in [4.69, 9.17) is 4.74 Å². The number of nitrogens with zero attached hydrogens (tertiary/aromatic N) is 2. The number of amides is 3. The average Bonchev–Trinajstić information content (AvgIpc) is 3.11. The fourth-order valence-electron chi connectivity index (χ4n) is 4.12. The number of halogens is 1. The van der Waals surface area contributed by atoms with Gasteiger partial charge in [-0.3, -0.25) is 19.3 Å². The number of ether oxygens (including phenoxy) is 1. The van der Waals surface area contributed by atoms with Gasteiger partial charge in [0.05, 0.1) is 30.0 Å². The van der Waals surface area contributed by atoms with E-state index in [-0.39, 0.29) is 28.3 Å². The Bertz CT molecular complexity index is 1250. The average molecular weight is 459 g/mol. The lowest BCUT2D eigenvalue weighted by molar-refractivity contribution is 0.0342. The van der Waals surface area contributed by atoms with Crippen LogP contribution in [0.3, 0.4) is 0 Å². The topological polar surface area (TPSA) is 79.0 Å². The van der Waals surface area contributed by atoms with Gasteiger partial charge in [-0.15, -0.1) is 0 Å². The number of hydrogen-bond acceptors (Lipinski definition) is 5. The van der Waals surface area contributed by atoms with E-state index in [0.717, 1.165) is 43.3 Å². The van der Waals surface area contributed by atoms with Gasteiger partial charge in [0.25, 0.3) is 17.7 Å². The van der Waals surface area contributed by atoms with E-state index >= 15 is 0 Å². The molecule has 0 atom stereocenters. The molecular weight excluding hydrogens is 437 g/mol. The first kappa shape index (κ1) is 21.9. The van der Waals surface area contributed by atoms with E-state index in [1.807, 2.05) is 24.3 Å². The molecule has 2 aliphatic heterocycles. The van der Waals surface area contributed by atoms with Crippen LogP contribution in [0.15, 0.2) is 66.7 Å². The Balaban J connectivity index is 1.28. The van der Waals surface area contributed by atoms with Crippen LogP contribution in [-0.4, -0.2) is 48.9 Å². The Kier molecular flexibility index (Phi) is 5.91. The fourth-order valence-corrected chi connectivity index (χ4v) is 4.12. The predicted octanol–water partition coefficient (Wildman–Crippen LogP) is 3.71. The fraction of sp³-hybridized carbons (Fsp3) is 0.192. The number of hydrogen-bond donors (Lipinski definition) is 1. The van der Waals surface area contributed by atoms with Gasteiger partial charge in [-0.1, -0.05) is 12.1 Å². The molecule has 8 heteroatoms. The van der Waals surface area contributed by atoms with Crippen molar-refractivity contribution in [2.45, 2.75) is 6.54 Å². The van der Waals surface area contributed by atoms with Gasteiger partial charge >= 0.3 is 0 Å². The minimum absolute atomic E-state index is 0.142. The Morgan fingerprint density at radius 3 is 2.26 bits per heavy atom.